The van der Waals surface area contributed by atoms with Crippen molar-refractivity contribution in [3.8, 4) is 0 Å². The molecule has 0 atom stereocenters. The summed E-state index contributed by atoms with van der Waals surface area (Å²) >= 11 is 0. The molecule has 0 aliphatic rings. The third-order valence-corrected chi connectivity index (χ3v) is 0.967. The molecule has 0 saturated carbocycles. The zero-order valence-corrected chi connectivity index (χ0v) is 4.59. The predicted octanol–water partition coefficient (Wildman–Crippen LogP) is 2.13. The van der Waals surface area contributed by atoms with Crippen molar-refractivity contribution < 1.29 is 0 Å². The van der Waals surface area contributed by atoms with Gasteiger partial charge in [0.2, 0.25) is 0 Å². The van der Waals surface area contributed by atoms with E-state index in [1.807, 2.05) is 24.3 Å². The average molecular weight is 103 g/mol. The lowest BCUT2D eigenvalue weighted by atomic mass is 10.2. The van der Waals surface area contributed by atoms with Crippen LogP contribution in [0.15, 0.2) is 30.8 Å². The molecule has 1 radical (unpaired) electrons. The highest BCUT2D eigenvalue weighted by Crippen LogP contribution is 1.96. The van der Waals surface area contributed by atoms with E-state index in [1.54, 1.807) is 6.08 Å². The number of rotatable bonds is 1. The van der Waals surface area contributed by atoms with Crippen molar-refractivity contribution in [3.05, 3.63) is 42.5 Å². The van der Waals surface area contributed by atoms with Gasteiger partial charge in [0.05, 0.1) is 0 Å². The Labute approximate surface area is 49.5 Å². The van der Waals surface area contributed by atoms with Crippen LogP contribution in [0.3, 0.4) is 0 Å². The van der Waals surface area contributed by atoms with Crippen LogP contribution in [-0.2, 0) is 0 Å². The monoisotopic (exact) mass is 103 g/mol. The van der Waals surface area contributed by atoms with Crippen LogP contribution in [0.25, 0.3) is 6.08 Å². The highest BCUT2D eigenvalue weighted by atomic mass is 13.8. The van der Waals surface area contributed by atoms with Crippen molar-refractivity contribution in [2.75, 3.05) is 0 Å². The van der Waals surface area contributed by atoms with Crippen LogP contribution < -0.4 is 0 Å². The maximum Gasteiger partial charge on any atom is -0.0178 e. The molecule has 0 bridgehead atoms. The number of hydrogen-bond acceptors (Lipinski definition) is 0. The fourth-order valence-corrected chi connectivity index (χ4v) is 0.534. The van der Waals surface area contributed by atoms with Gasteiger partial charge in [-0.15, -0.1) is 0 Å². The van der Waals surface area contributed by atoms with E-state index in [2.05, 4.69) is 12.6 Å². The van der Waals surface area contributed by atoms with Crippen LogP contribution in [0.1, 0.15) is 5.56 Å². The van der Waals surface area contributed by atoms with Crippen LogP contribution in [0.5, 0.6) is 0 Å². The van der Waals surface area contributed by atoms with Gasteiger partial charge in [0.25, 0.3) is 0 Å². The van der Waals surface area contributed by atoms with E-state index >= 15 is 0 Å². The zero-order chi connectivity index (χ0) is 5.82. The van der Waals surface area contributed by atoms with Gasteiger partial charge in [-0.05, 0) is 17.7 Å². The van der Waals surface area contributed by atoms with Crippen molar-refractivity contribution in [1.82, 2.24) is 0 Å². The van der Waals surface area contributed by atoms with Gasteiger partial charge >= 0.3 is 0 Å². The lowest BCUT2D eigenvalue weighted by Crippen LogP contribution is -1.64. The molecule has 0 nitrogen and oxygen atoms in total. The van der Waals surface area contributed by atoms with Gasteiger partial charge in [-0.2, -0.15) is 0 Å². The van der Waals surface area contributed by atoms with E-state index in [9.17, 15) is 0 Å². The van der Waals surface area contributed by atoms with Crippen LogP contribution >= 0.6 is 0 Å². The summed E-state index contributed by atoms with van der Waals surface area (Å²) in [7, 11) is 0. The number of hydrogen-bond donors (Lipinski definition) is 0. The fourth-order valence-electron chi connectivity index (χ4n) is 0.534. The van der Waals surface area contributed by atoms with E-state index in [0.29, 0.717) is 0 Å². The molecule has 0 fully saturated rings. The lowest BCUT2D eigenvalue weighted by Gasteiger charge is -1.84. The summed E-state index contributed by atoms with van der Waals surface area (Å²) in [5.41, 5.74) is 1.12. The highest BCUT2D eigenvalue weighted by molar-refractivity contribution is 5.45. The van der Waals surface area contributed by atoms with Crippen LogP contribution in [0, 0.1) is 6.07 Å². The second kappa shape index (κ2) is 2.31. The van der Waals surface area contributed by atoms with E-state index in [1.165, 1.54) is 0 Å². The Kier molecular flexibility index (Phi) is 1.48. The molecule has 8 heavy (non-hydrogen) atoms. The first-order chi connectivity index (χ1) is 3.93. The molecule has 0 unspecified atom stereocenters. The summed E-state index contributed by atoms with van der Waals surface area (Å²) in [5, 5.41) is 0. The van der Waals surface area contributed by atoms with Crippen molar-refractivity contribution >= 4 is 6.08 Å². The van der Waals surface area contributed by atoms with E-state index in [4.69, 9.17) is 0 Å². The minimum absolute atomic E-state index is 1.12. The van der Waals surface area contributed by atoms with Crippen LogP contribution in [0.4, 0.5) is 0 Å². The maximum absolute atomic E-state index is 3.61. The van der Waals surface area contributed by atoms with Crippen LogP contribution in [-0.4, -0.2) is 0 Å². The Hall–Kier alpha value is -1.04. The summed E-state index contributed by atoms with van der Waals surface area (Å²) in [6.45, 7) is 3.61. The molecular formula is C8H7. The Balaban J connectivity index is 2.99. The minimum atomic E-state index is 1.12. The van der Waals surface area contributed by atoms with Gasteiger partial charge in [-0.3, -0.25) is 0 Å². The Morgan fingerprint density at radius 3 is 2.88 bits per heavy atom. The van der Waals surface area contributed by atoms with E-state index in [0.717, 1.165) is 5.56 Å². The molecule has 1 rings (SSSR count). The average Bonchev–Trinajstić information content (AvgIpc) is 1.90. The summed E-state index contributed by atoms with van der Waals surface area (Å²) < 4.78 is 0. The Bertz CT molecular complexity index is 163. The van der Waals surface area contributed by atoms with Crippen LogP contribution in [0.2, 0.25) is 0 Å². The normalized spacial score (nSPS) is 8.50. The van der Waals surface area contributed by atoms with Gasteiger partial charge in [-0.25, -0.2) is 0 Å². The maximum atomic E-state index is 3.61. The first-order valence-corrected chi connectivity index (χ1v) is 2.52. The summed E-state index contributed by atoms with van der Waals surface area (Å²) in [4.78, 5) is 0. The lowest BCUT2D eigenvalue weighted by molar-refractivity contribution is 1.65. The molecule has 0 heterocycles. The molecule has 1 aromatic rings. The zero-order valence-electron chi connectivity index (χ0n) is 4.59. The minimum Gasteiger partial charge on any atom is -0.0985 e. The summed E-state index contributed by atoms with van der Waals surface area (Å²) in [6, 6.07) is 10.6. The quantitative estimate of drug-likeness (QED) is 0.510. The van der Waals surface area contributed by atoms with Gasteiger partial charge in [0.1, 0.15) is 0 Å². The Morgan fingerprint density at radius 1 is 1.62 bits per heavy atom. The molecule has 0 aromatic heterocycles. The highest BCUT2D eigenvalue weighted by Gasteiger charge is 1.76. The second-order valence-corrected chi connectivity index (χ2v) is 1.54. The van der Waals surface area contributed by atoms with Gasteiger partial charge in [0, 0.05) is 0 Å². The van der Waals surface area contributed by atoms with E-state index < -0.39 is 0 Å². The number of benzene rings is 1. The molecule has 0 aliphatic carbocycles. The molecule has 1 aromatic carbocycles. The first kappa shape index (κ1) is 5.10. The molecule has 0 heteroatoms. The molecule has 39 valence electrons. The molecule has 0 spiro atoms. The standard InChI is InChI=1S/C8H7/c1-2-8-6-4-3-5-7-8/h2-4,6-7H,1H2. The van der Waals surface area contributed by atoms with Crippen molar-refractivity contribution in [1.29, 1.82) is 0 Å². The SMILES string of the molecule is C=Cc1c[c]ccc1. The molecule has 0 amide bonds. The van der Waals surface area contributed by atoms with Crippen molar-refractivity contribution in [2.45, 2.75) is 0 Å². The second-order valence-electron chi connectivity index (χ2n) is 1.54. The Morgan fingerprint density at radius 2 is 2.50 bits per heavy atom. The molecular weight excluding hydrogens is 96.1 g/mol. The third kappa shape index (κ3) is 0.969. The molecule has 0 saturated heterocycles. The largest absolute Gasteiger partial charge is 0.0985 e. The summed E-state index contributed by atoms with van der Waals surface area (Å²) in [6.07, 6.45) is 1.80. The van der Waals surface area contributed by atoms with Gasteiger partial charge in [0.15, 0.2) is 0 Å². The fraction of sp³-hybridized carbons (Fsp3) is 0. The predicted molar refractivity (Wildman–Crippen MR) is 35.4 cm³/mol. The van der Waals surface area contributed by atoms with Gasteiger partial charge < -0.3 is 0 Å². The third-order valence-electron chi connectivity index (χ3n) is 0.967. The smallest absolute Gasteiger partial charge is 0.0178 e. The van der Waals surface area contributed by atoms with Crippen molar-refractivity contribution in [3.63, 3.8) is 0 Å². The van der Waals surface area contributed by atoms with Crippen molar-refractivity contribution in [2.24, 2.45) is 0 Å². The van der Waals surface area contributed by atoms with Gasteiger partial charge in [-0.1, -0.05) is 30.9 Å². The molecule has 0 N–H and O–H groups in total. The molecule has 0 aliphatic heterocycles. The van der Waals surface area contributed by atoms with E-state index in [-0.39, 0.29) is 0 Å². The summed E-state index contributed by atoms with van der Waals surface area (Å²) in [5.74, 6) is 0. The first-order valence-electron chi connectivity index (χ1n) is 2.52. The topological polar surface area (TPSA) is 0 Å².